The van der Waals surface area contributed by atoms with Crippen molar-refractivity contribution >= 4 is 21.6 Å². The van der Waals surface area contributed by atoms with Gasteiger partial charge in [-0.2, -0.15) is 0 Å². The molecule has 1 aliphatic rings. The second-order valence-corrected chi connectivity index (χ2v) is 10.1. The van der Waals surface area contributed by atoms with Crippen LogP contribution in [-0.2, 0) is 21.2 Å². The molecule has 1 heterocycles. The summed E-state index contributed by atoms with van der Waals surface area (Å²) in [4.78, 5) is 14.9. The maximum absolute atomic E-state index is 13.4. The van der Waals surface area contributed by atoms with Crippen molar-refractivity contribution in [3.05, 3.63) is 89.7 Å². The van der Waals surface area contributed by atoms with Crippen LogP contribution in [0.4, 0.5) is 10.1 Å². The molecule has 0 aromatic heterocycles. The first-order chi connectivity index (χ1) is 16.3. The first-order valence-electron chi connectivity index (χ1n) is 11.3. The van der Waals surface area contributed by atoms with Crippen molar-refractivity contribution in [2.45, 2.75) is 37.1 Å². The van der Waals surface area contributed by atoms with Crippen molar-refractivity contribution in [1.82, 2.24) is 4.72 Å². The van der Waals surface area contributed by atoms with E-state index in [1.807, 2.05) is 6.92 Å². The Balaban J connectivity index is 1.43. The number of sulfonamides is 1. The SMILES string of the molecule is CCc1ccc(S(=O)(=O)NCCC[C@H]2C(=O)N(c3ccc(F)cc3)[C@@H]2c2ccc(O)cc2)cc1. The quantitative estimate of drug-likeness (QED) is 0.346. The minimum Gasteiger partial charge on any atom is -0.508 e. The highest BCUT2D eigenvalue weighted by molar-refractivity contribution is 7.89. The molecule has 0 saturated carbocycles. The fourth-order valence-corrected chi connectivity index (χ4v) is 5.36. The number of phenols is 1. The highest BCUT2D eigenvalue weighted by atomic mass is 32.2. The lowest BCUT2D eigenvalue weighted by Crippen LogP contribution is -2.55. The van der Waals surface area contributed by atoms with E-state index in [1.54, 1.807) is 65.6 Å². The van der Waals surface area contributed by atoms with Gasteiger partial charge in [0.2, 0.25) is 15.9 Å². The lowest BCUT2D eigenvalue weighted by atomic mass is 9.79. The minimum atomic E-state index is -3.62. The van der Waals surface area contributed by atoms with Crippen LogP contribution in [0.1, 0.15) is 36.9 Å². The summed E-state index contributed by atoms with van der Waals surface area (Å²) in [6.07, 6.45) is 1.80. The molecule has 1 saturated heterocycles. The van der Waals surface area contributed by atoms with Crippen molar-refractivity contribution in [2.75, 3.05) is 11.4 Å². The molecule has 0 bridgehead atoms. The number of phenolic OH excluding ortho intramolecular Hbond substituents is 1. The standard InChI is InChI=1S/C26H27FN2O4S/c1-2-18-5-15-23(16-6-18)34(32,33)28-17-3-4-24-25(19-7-13-22(30)14-8-19)29(26(24)31)21-11-9-20(27)10-12-21/h5-16,24-25,28,30H,2-4,17H2,1H3/t24-,25-/m1/s1. The maximum atomic E-state index is 13.4. The molecular weight excluding hydrogens is 455 g/mol. The van der Waals surface area contributed by atoms with Gasteiger partial charge in [0.15, 0.2) is 0 Å². The third-order valence-electron chi connectivity index (χ3n) is 6.18. The number of nitrogens with one attached hydrogen (secondary N) is 1. The molecule has 4 rings (SSSR count). The van der Waals surface area contributed by atoms with E-state index in [-0.39, 0.29) is 40.9 Å². The van der Waals surface area contributed by atoms with Crippen molar-refractivity contribution < 1.29 is 22.7 Å². The number of aromatic hydroxyl groups is 1. The average Bonchev–Trinajstić information content (AvgIpc) is 2.84. The number of carbonyl (C=O) groups is 1. The molecule has 178 valence electrons. The first kappa shape index (κ1) is 23.9. The molecule has 1 fully saturated rings. The lowest BCUT2D eigenvalue weighted by Gasteiger charge is -2.47. The summed E-state index contributed by atoms with van der Waals surface area (Å²) in [6.45, 7) is 2.21. The second-order valence-electron chi connectivity index (χ2n) is 8.37. The molecule has 3 aromatic rings. The molecule has 0 spiro atoms. The van der Waals surface area contributed by atoms with E-state index in [0.29, 0.717) is 18.5 Å². The Bertz CT molecular complexity index is 1240. The molecule has 1 amide bonds. The van der Waals surface area contributed by atoms with E-state index < -0.39 is 10.0 Å². The van der Waals surface area contributed by atoms with Crippen LogP contribution in [0.25, 0.3) is 0 Å². The van der Waals surface area contributed by atoms with Crippen LogP contribution >= 0.6 is 0 Å². The third-order valence-corrected chi connectivity index (χ3v) is 7.66. The van der Waals surface area contributed by atoms with Gasteiger partial charge >= 0.3 is 0 Å². The number of amides is 1. The van der Waals surface area contributed by atoms with Crippen LogP contribution in [0.2, 0.25) is 0 Å². The number of anilines is 1. The number of β-lactam (4-membered cyclic amide) rings is 1. The number of halogens is 1. The van der Waals surface area contributed by atoms with E-state index in [1.165, 1.54) is 12.1 Å². The number of hydrogen-bond acceptors (Lipinski definition) is 4. The first-order valence-corrected chi connectivity index (χ1v) is 12.7. The summed E-state index contributed by atoms with van der Waals surface area (Å²) in [7, 11) is -3.62. The number of aryl methyl sites for hydroxylation is 1. The molecule has 2 N–H and O–H groups in total. The van der Waals surface area contributed by atoms with Crippen LogP contribution in [0.3, 0.4) is 0 Å². The average molecular weight is 483 g/mol. The molecule has 2 atom stereocenters. The normalized spacial score (nSPS) is 18.1. The summed E-state index contributed by atoms with van der Waals surface area (Å²) < 4.78 is 41.1. The van der Waals surface area contributed by atoms with Gasteiger partial charge in [-0.3, -0.25) is 4.79 Å². The minimum absolute atomic E-state index is 0.0947. The van der Waals surface area contributed by atoms with Crippen molar-refractivity contribution in [2.24, 2.45) is 5.92 Å². The van der Waals surface area contributed by atoms with E-state index in [0.717, 1.165) is 17.5 Å². The largest absolute Gasteiger partial charge is 0.508 e. The van der Waals surface area contributed by atoms with Gasteiger partial charge in [0, 0.05) is 12.2 Å². The predicted molar refractivity (Wildman–Crippen MR) is 128 cm³/mol. The van der Waals surface area contributed by atoms with Gasteiger partial charge < -0.3 is 10.0 Å². The van der Waals surface area contributed by atoms with Gasteiger partial charge in [-0.05, 0) is 78.9 Å². The van der Waals surface area contributed by atoms with Gasteiger partial charge in [0.05, 0.1) is 16.9 Å². The number of carbonyl (C=O) groups excluding carboxylic acids is 1. The fraction of sp³-hybridized carbons (Fsp3) is 0.269. The van der Waals surface area contributed by atoms with Gasteiger partial charge in [-0.1, -0.05) is 31.2 Å². The number of benzene rings is 3. The van der Waals surface area contributed by atoms with Gasteiger partial charge in [0.25, 0.3) is 0 Å². The molecule has 0 radical (unpaired) electrons. The molecular formula is C26H27FN2O4S. The summed E-state index contributed by atoms with van der Waals surface area (Å²) in [6, 6.07) is 18.9. The van der Waals surface area contributed by atoms with E-state index in [4.69, 9.17) is 0 Å². The van der Waals surface area contributed by atoms with Crippen LogP contribution in [0.15, 0.2) is 77.7 Å². The Morgan fingerprint density at radius 1 is 0.971 bits per heavy atom. The Morgan fingerprint density at radius 2 is 1.62 bits per heavy atom. The molecule has 3 aromatic carbocycles. The maximum Gasteiger partial charge on any atom is 0.240 e. The van der Waals surface area contributed by atoms with Crippen molar-refractivity contribution in [3.63, 3.8) is 0 Å². The summed E-state index contributed by atoms with van der Waals surface area (Å²) >= 11 is 0. The van der Waals surface area contributed by atoms with Gasteiger partial charge in [-0.15, -0.1) is 0 Å². The third kappa shape index (κ3) is 4.98. The predicted octanol–water partition coefficient (Wildman–Crippen LogP) is 4.56. The van der Waals surface area contributed by atoms with Crippen LogP contribution < -0.4 is 9.62 Å². The fourth-order valence-electron chi connectivity index (χ4n) is 4.29. The zero-order valence-electron chi connectivity index (χ0n) is 18.8. The summed E-state index contributed by atoms with van der Waals surface area (Å²) in [5.74, 6) is -0.697. The van der Waals surface area contributed by atoms with E-state index in [2.05, 4.69) is 4.72 Å². The summed E-state index contributed by atoms with van der Waals surface area (Å²) in [5.41, 5.74) is 2.51. The van der Waals surface area contributed by atoms with E-state index >= 15 is 0 Å². The van der Waals surface area contributed by atoms with Crippen molar-refractivity contribution in [1.29, 1.82) is 0 Å². The number of hydrogen-bond donors (Lipinski definition) is 2. The highest BCUT2D eigenvalue weighted by Crippen LogP contribution is 2.45. The van der Waals surface area contributed by atoms with Gasteiger partial charge in [0.1, 0.15) is 11.6 Å². The number of rotatable bonds is 9. The zero-order valence-corrected chi connectivity index (χ0v) is 19.6. The van der Waals surface area contributed by atoms with E-state index in [9.17, 15) is 22.7 Å². The Hall–Kier alpha value is -3.23. The molecule has 34 heavy (non-hydrogen) atoms. The highest BCUT2D eigenvalue weighted by Gasteiger charge is 2.48. The number of nitrogens with zero attached hydrogens (tertiary/aromatic N) is 1. The molecule has 0 aliphatic carbocycles. The topological polar surface area (TPSA) is 86.7 Å². The Kier molecular flexibility index (Phi) is 7.00. The smallest absolute Gasteiger partial charge is 0.240 e. The Morgan fingerprint density at radius 3 is 2.24 bits per heavy atom. The summed E-state index contributed by atoms with van der Waals surface area (Å²) in [5, 5.41) is 9.65. The van der Waals surface area contributed by atoms with Crippen LogP contribution in [0.5, 0.6) is 5.75 Å². The molecule has 8 heteroatoms. The second kappa shape index (κ2) is 9.95. The van der Waals surface area contributed by atoms with Gasteiger partial charge in [-0.25, -0.2) is 17.5 Å². The lowest BCUT2D eigenvalue weighted by molar-refractivity contribution is -0.130. The van der Waals surface area contributed by atoms with Crippen LogP contribution in [-0.4, -0.2) is 26.0 Å². The monoisotopic (exact) mass is 482 g/mol. The molecule has 1 aliphatic heterocycles. The zero-order chi connectivity index (χ0) is 24.3. The Labute approximate surface area is 199 Å². The molecule has 6 nitrogen and oxygen atoms in total. The molecule has 0 unspecified atom stereocenters. The van der Waals surface area contributed by atoms with Crippen LogP contribution in [0, 0.1) is 11.7 Å². The van der Waals surface area contributed by atoms with Crippen molar-refractivity contribution in [3.8, 4) is 5.75 Å².